The predicted molar refractivity (Wildman–Crippen MR) is 121 cm³/mol. The van der Waals surface area contributed by atoms with Gasteiger partial charge in [-0.1, -0.05) is 41.9 Å². The van der Waals surface area contributed by atoms with Crippen LogP contribution >= 0.6 is 22.9 Å². The summed E-state index contributed by atoms with van der Waals surface area (Å²) in [4.78, 5) is 16.8. The average Bonchev–Trinajstić information content (AvgIpc) is 3.19. The maximum Gasteiger partial charge on any atom is 0.258 e. The molecule has 5 nitrogen and oxygen atoms in total. The number of rotatable bonds is 8. The van der Waals surface area contributed by atoms with E-state index in [1.165, 1.54) is 11.3 Å². The molecule has 0 fully saturated rings. The normalized spacial score (nSPS) is 11.0. The zero-order valence-electron chi connectivity index (χ0n) is 16.7. The number of halogens is 3. The van der Waals surface area contributed by atoms with Gasteiger partial charge in [-0.05, 0) is 35.9 Å². The molecule has 9 heteroatoms. The number of fused-ring (bicyclic) bond motifs is 1. The van der Waals surface area contributed by atoms with Gasteiger partial charge in [-0.3, -0.25) is 10.1 Å². The Bertz CT molecular complexity index is 1250. The zero-order chi connectivity index (χ0) is 22.5. The van der Waals surface area contributed by atoms with Crippen LogP contribution in [0.25, 0.3) is 10.2 Å². The van der Waals surface area contributed by atoms with Crippen molar-refractivity contribution in [1.29, 1.82) is 0 Å². The lowest BCUT2D eigenvalue weighted by molar-refractivity contribution is 0.0940. The third kappa shape index (κ3) is 5.21. The molecule has 0 atom stereocenters. The molecule has 1 amide bonds. The Morgan fingerprint density at radius 1 is 1.09 bits per heavy atom. The van der Waals surface area contributed by atoms with E-state index in [4.69, 9.17) is 16.3 Å². The summed E-state index contributed by atoms with van der Waals surface area (Å²) in [7, 11) is 0. The topological polar surface area (TPSA) is 63.2 Å². The number of benzene rings is 3. The lowest BCUT2D eigenvalue weighted by Crippen LogP contribution is -2.34. The number of carbonyl (C=O) groups excluding carboxylic acids is 1. The first-order chi connectivity index (χ1) is 15.5. The largest absolute Gasteiger partial charge is 0.483 e. The van der Waals surface area contributed by atoms with Gasteiger partial charge in [0.25, 0.3) is 5.91 Å². The van der Waals surface area contributed by atoms with Crippen LogP contribution in [-0.4, -0.2) is 17.6 Å². The molecular weight excluding hydrogens is 456 g/mol. The third-order valence-electron chi connectivity index (χ3n) is 4.57. The summed E-state index contributed by atoms with van der Waals surface area (Å²) in [6.07, 6.45) is 0. The van der Waals surface area contributed by atoms with Gasteiger partial charge >= 0.3 is 0 Å². The van der Waals surface area contributed by atoms with Gasteiger partial charge in [0, 0.05) is 11.6 Å². The minimum absolute atomic E-state index is 0.0286. The molecule has 3 aromatic carbocycles. The predicted octanol–water partition coefficient (Wildman–Crippen LogP) is 5.28. The van der Waals surface area contributed by atoms with E-state index in [2.05, 4.69) is 15.6 Å². The van der Waals surface area contributed by atoms with Gasteiger partial charge in [-0.15, -0.1) is 11.3 Å². The molecule has 0 saturated heterocycles. The van der Waals surface area contributed by atoms with Gasteiger partial charge in [0.2, 0.25) is 0 Å². The Morgan fingerprint density at radius 2 is 1.91 bits per heavy atom. The smallest absolute Gasteiger partial charge is 0.258 e. The Morgan fingerprint density at radius 3 is 2.72 bits per heavy atom. The molecule has 1 heterocycles. The first-order valence-electron chi connectivity index (χ1n) is 9.70. The van der Waals surface area contributed by atoms with Gasteiger partial charge in [0.15, 0.2) is 11.6 Å². The maximum atomic E-state index is 14.8. The van der Waals surface area contributed by atoms with Crippen molar-refractivity contribution in [1.82, 2.24) is 15.6 Å². The summed E-state index contributed by atoms with van der Waals surface area (Å²) in [6, 6.07) is 17.0. The van der Waals surface area contributed by atoms with E-state index in [9.17, 15) is 13.6 Å². The quantitative estimate of drug-likeness (QED) is 0.270. The van der Waals surface area contributed by atoms with Crippen molar-refractivity contribution in [2.24, 2.45) is 0 Å². The molecule has 0 bridgehead atoms. The Kier molecular flexibility index (Phi) is 6.94. The molecule has 164 valence electrons. The zero-order valence-corrected chi connectivity index (χ0v) is 18.3. The fourth-order valence-corrected chi connectivity index (χ4v) is 4.06. The second-order valence-corrected chi connectivity index (χ2v) is 8.39. The van der Waals surface area contributed by atoms with Crippen molar-refractivity contribution >= 4 is 39.1 Å². The van der Waals surface area contributed by atoms with E-state index in [-0.39, 0.29) is 19.0 Å². The highest BCUT2D eigenvalue weighted by Gasteiger charge is 2.21. The Hall–Kier alpha value is -3.07. The van der Waals surface area contributed by atoms with Crippen molar-refractivity contribution < 1.29 is 18.3 Å². The number of hydrogen-bond donors (Lipinski definition) is 2. The molecule has 0 aliphatic rings. The molecule has 2 N–H and O–H groups in total. The highest BCUT2D eigenvalue weighted by atomic mass is 35.5. The van der Waals surface area contributed by atoms with Crippen molar-refractivity contribution in [3.63, 3.8) is 0 Å². The molecule has 0 radical (unpaired) electrons. The first-order valence-corrected chi connectivity index (χ1v) is 10.9. The van der Waals surface area contributed by atoms with Crippen LogP contribution in [0.3, 0.4) is 0 Å². The van der Waals surface area contributed by atoms with E-state index in [1.807, 2.05) is 36.4 Å². The number of hydrogen-bond acceptors (Lipinski definition) is 5. The van der Waals surface area contributed by atoms with Crippen LogP contribution in [-0.2, 0) is 13.2 Å². The van der Waals surface area contributed by atoms with Gasteiger partial charge in [-0.2, -0.15) is 0 Å². The SMILES string of the molecule is O=C(NCNCc1ccccc1)c1c(F)ccc(OCc2nc3cc(Cl)ccc3s2)c1F. The highest BCUT2D eigenvalue weighted by Crippen LogP contribution is 2.28. The lowest BCUT2D eigenvalue weighted by Gasteiger charge is -2.11. The molecule has 32 heavy (non-hydrogen) atoms. The van der Waals surface area contributed by atoms with Crippen LogP contribution < -0.4 is 15.4 Å². The van der Waals surface area contributed by atoms with Crippen molar-refractivity contribution in [3.8, 4) is 5.75 Å². The number of ether oxygens (including phenoxy) is 1. The molecule has 0 aliphatic carbocycles. The van der Waals surface area contributed by atoms with E-state index >= 15 is 0 Å². The van der Waals surface area contributed by atoms with E-state index in [1.54, 1.807) is 12.1 Å². The van der Waals surface area contributed by atoms with Crippen LogP contribution in [0.15, 0.2) is 60.7 Å². The molecular formula is C23H18ClF2N3O2S. The van der Waals surface area contributed by atoms with Gasteiger partial charge in [0.05, 0.1) is 16.9 Å². The minimum atomic E-state index is -1.06. The van der Waals surface area contributed by atoms with E-state index in [0.29, 0.717) is 22.1 Å². The lowest BCUT2D eigenvalue weighted by atomic mass is 10.1. The number of nitrogens with one attached hydrogen (secondary N) is 2. The molecule has 0 saturated carbocycles. The molecule has 4 rings (SSSR count). The number of aromatic nitrogens is 1. The summed E-state index contributed by atoms with van der Waals surface area (Å²) in [5.41, 5.74) is 1.04. The molecule has 1 aromatic heterocycles. The van der Waals surface area contributed by atoms with Crippen LogP contribution in [0.2, 0.25) is 5.02 Å². The average molecular weight is 474 g/mol. The summed E-state index contributed by atoms with van der Waals surface area (Å²) < 4.78 is 35.4. The standard InChI is InChI=1S/C23H18ClF2N3O2S/c24-15-6-9-19-17(10-15)29-20(32-19)12-31-18-8-7-16(25)21(22(18)26)23(30)28-13-27-11-14-4-2-1-3-5-14/h1-10,27H,11-13H2,(H,28,30). The number of amides is 1. The Labute approximate surface area is 192 Å². The second-order valence-electron chi connectivity index (χ2n) is 6.84. The molecule has 0 aliphatic heterocycles. The summed E-state index contributed by atoms with van der Waals surface area (Å²) >= 11 is 7.34. The van der Waals surface area contributed by atoms with Gasteiger partial charge < -0.3 is 10.1 Å². The fourth-order valence-electron chi connectivity index (χ4n) is 3.04. The van der Waals surface area contributed by atoms with Crippen molar-refractivity contribution in [3.05, 3.63) is 93.5 Å². The summed E-state index contributed by atoms with van der Waals surface area (Å²) in [5.74, 6) is -3.13. The third-order valence-corrected chi connectivity index (χ3v) is 5.82. The number of nitrogens with zero attached hydrogens (tertiary/aromatic N) is 1. The van der Waals surface area contributed by atoms with Crippen LogP contribution in [0.1, 0.15) is 20.9 Å². The maximum absolute atomic E-state index is 14.8. The van der Waals surface area contributed by atoms with Crippen LogP contribution in [0, 0.1) is 11.6 Å². The second kappa shape index (κ2) is 10.0. The summed E-state index contributed by atoms with van der Waals surface area (Å²) in [5, 5.41) is 6.62. The van der Waals surface area contributed by atoms with Crippen LogP contribution in [0.4, 0.5) is 8.78 Å². The summed E-state index contributed by atoms with van der Waals surface area (Å²) in [6.45, 7) is 0.522. The molecule has 0 spiro atoms. The molecule has 0 unspecified atom stereocenters. The Balaban J connectivity index is 1.39. The van der Waals surface area contributed by atoms with Crippen molar-refractivity contribution in [2.75, 3.05) is 6.67 Å². The first kappa shape index (κ1) is 22.1. The number of thiazole rings is 1. The van der Waals surface area contributed by atoms with E-state index < -0.39 is 23.1 Å². The van der Waals surface area contributed by atoms with Crippen LogP contribution in [0.5, 0.6) is 5.75 Å². The van der Waals surface area contributed by atoms with Gasteiger partial charge in [-0.25, -0.2) is 13.8 Å². The monoisotopic (exact) mass is 473 g/mol. The minimum Gasteiger partial charge on any atom is -0.483 e. The highest BCUT2D eigenvalue weighted by molar-refractivity contribution is 7.18. The van der Waals surface area contributed by atoms with E-state index in [0.717, 1.165) is 22.4 Å². The van der Waals surface area contributed by atoms with Crippen molar-refractivity contribution in [2.45, 2.75) is 13.2 Å². The number of carbonyl (C=O) groups is 1. The van der Waals surface area contributed by atoms with Gasteiger partial charge in [0.1, 0.15) is 23.0 Å². The fraction of sp³-hybridized carbons (Fsp3) is 0.130. The molecule has 4 aromatic rings.